The third-order valence-electron chi connectivity index (χ3n) is 4.99. The average molecular weight is 448 g/mol. The third kappa shape index (κ3) is 6.01. The summed E-state index contributed by atoms with van der Waals surface area (Å²) in [6.45, 7) is 0.341. The van der Waals surface area contributed by atoms with E-state index in [4.69, 9.17) is 25.5 Å². The molecule has 8 nitrogen and oxygen atoms in total. The van der Waals surface area contributed by atoms with Crippen LogP contribution in [0.25, 0.3) is 12.2 Å². The predicted octanol–water partition coefficient (Wildman–Crippen LogP) is 3.68. The van der Waals surface area contributed by atoms with Crippen LogP contribution in [-0.4, -0.2) is 36.5 Å². The normalized spacial score (nSPS) is 13.8. The molecule has 0 spiro atoms. The molecule has 1 aliphatic carbocycles. The highest BCUT2D eigenvalue weighted by Crippen LogP contribution is 2.37. The topological polar surface area (TPSA) is 95.6 Å². The maximum Gasteiger partial charge on any atom is 0.437 e. The largest absolute Gasteiger partial charge is 0.493 e. The zero-order valence-corrected chi connectivity index (χ0v) is 18.4. The average Bonchev–Trinajstić information content (AvgIpc) is 3.12. The van der Waals surface area contributed by atoms with Crippen LogP contribution < -0.4 is 20.5 Å². The molecule has 166 valence electrons. The molecule has 2 aromatic rings. The van der Waals surface area contributed by atoms with E-state index in [9.17, 15) is 9.59 Å². The SMILES string of the molecule is COc1ccc(/C=C/c2nn(CC(=O)NCCC3=CCCCC3)c(=O)o2)c(Cl)c1OC. The molecule has 1 aromatic heterocycles. The minimum Gasteiger partial charge on any atom is -0.493 e. The number of allylic oxidation sites excluding steroid dienone is 1. The van der Waals surface area contributed by atoms with Crippen molar-refractivity contribution in [3.8, 4) is 11.5 Å². The van der Waals surface area contributed by atoms with Crippen molar-refractivity contribution in [1.29, 1.82) is 0 Å². The van der Waals surface area contributed by atoms with Gasteiger partial charge in [-0.3, -0.25) is 4.79 Å². The van der Waals surface area contributed by atoms with Gasteiger partial charge in [-0.05, 0) is 55.9 Å². The number of hydrogen-bond acceptors (Lipinski definition) is 6. The molecule has 0 saturated heterocycles. The highest BCUT2D eigenvalue weighted by Gasteiger charge is 2.13. The van der Waals surface area contributed by atoms with Crippen molar-refractivity contribution in [2.24, 2.45) is 0 Å². The summed E-state index contributed by atoms with van der Waals surface area (Å²) in [4.78, 5) is 24.1. The summed E-state index contributed by atoms with van der Waals surface area (Å²) in [6, 6.07) is 3.46. The lowest BCUT2D eigenvalue weighted by Gasteiger charge is -2.12. The van der Waals surface area contributed by atoms with Crippen LogP contribution in [0.5, 0.6) is 11.5 Å². The Morgan fingerprint density at radius 3 is 2.84 bits per heavy atom. The van der Waals surface area contributed by atoms with E-state index in [0.717, 1.165) is 23.9 Å². The molecule has 0 atom stereocenters. The second kappa shape index (κ2) is 10.9. The summed E-state index contributed by atoms with van der Waals surface area (Å²) in [6.07, 6.45) is 10.9. The van der Waals surface area contributed by atoms with Gasteiger partial charge < -0.3 is 19.2 Å². The van der Waals surface area contributed by atoms with Crippen LogP contribution in [0.4, 0.5) is 0 Å². The lowest BCUT2D eigenvalue weighted by atomic mass is 9.97. The van der Waals surface area contributed by atoms with E-state index in [2.05, 4.69) is 16.5 Å². The Labute approximate surface area is 185 Å². The van der Waals surface area contributed by atoms with Gasteiger partial charge in [-0.25, -0.2) is 4.79 Å². The summed E-state index contributed by atoms with van der Waals surface area (Å²) in [5.74, 6) is -0.0188. The summed E-state index contributed by atoms with van der Waals surface area (Å²) >= 11 is 6.34. The summed E-state index contributed by atoms with van der Waals surface area (Å²) in [5, 5.41) is 7.22. The summed E-state index contributed by atoms with van der Waals surface area (Å²) in [5.41, 5.74) is 2.01. The number of nitrogens with one attached hydrogen (secondary N) is 1. The van der Waals surface area contributed by atoms with Crippen molar-refractivity contribution >= 4 is 29.7 Å². The number of carbonyl (C=O) groups is 1. The van der Waals surface area contributed by atoms with E-state index >= 15 is 0 Å². The van der Waals surface area contributed by atoms with Crippen molar-refractivity contribution in [3.05, 3.63) is 50.8 Å². The van der Waals surface area contributed by atoms with Gasteiger partial charge in [-0.2, -0.15) is 4.68 Å². The molecule has 1 aliphatic rings. The van der Waals surface area contributed by atoms with Gasteiger partial charge in [-0.1, -0.05) is 23.3 Å². The van der Waals surface area contributed by atoms with Crippen LogP contribution in [0.2, 0.25) is 5.02 Å². The molecule has 0 unspecified atom stereocenters. The van der Waals surface area contributed by atoms with E-state index in [-0.39, 0.29) is 18.3 Å². The first-order valence-corrected chi connectivity index (χ1v) is 10.5. The molecule has 9 heteroatoms. The number of amides is 1. The van der Waals surface area contributed by atoms with Gasteiger partial charge in [0.15, 0.2) is 11.5 Å². The molecule has 0 radical (unpaired) electrons. The lowest BCUT2D eigenvalue weighted by molar-refractivity contribution is -0.121. The minimum atomic E-state index is -0.705. The van der Waals surface area contributed by atoms with Gasteiger partial charge in [-0.15, -0.1) is 5.10 Å². The number of halogens is 1. The second-order valence-electron chi connectivity index (χ2n) is 7.11. The predicted molar refractivity (Wildman–Crippen MR) is 118 cm³/mol. The molecule has 31 heavy (non-hydrogen) atoms. The van der Waals surface area contributed by atoms with E-state index in [1.807, 2.05) is 0 Å². The van der Waals surface area contributed by atoms with Crippen LogP contribution in [0, 0.1) is 0 Å². The van der Waals surface area contributed by atoms with E-state index < -0.39 is 5.76 Å². The highest BCUT2D eigenvalue weighted by molar-refractivity contribution is 6.33. The fraction of sp³-hybridized carbons (Fsp3) is 0.409. The van der Waals surface area contributed by atoms with Gasteiger partial charge >= 0.3 is 5.76 Å². The monoisotopic (exact) mass is 447 g/mol. The number of aromatic nitrogens is 2. The highest BCUT2D eigenvalue weighted by atomic mass is 35.5. The molecule has 0 bridgehead atoms. The molecular weight excluding hydrogens is 422 g/mol. The van der Waals surface area contributed by atoms with E-state index in [0.29, 0.717) is 28.6 Å². The Bertz CT molecular complexity index is 1040. The minimum absolute atomic E-state index is 0.0658. The Balaban J connectivity index is 1.60. The van der Waals surface area contributed by atoms with Gasteiger partial charge in [0.1, 0.15) is 6.54 Å². The van der Waals surface area contributed by atoms with Crippen molar-refractivity contribution in [2.75, 3.05) is 20.8 Å². The molecular formula is C22H26ClN3O5. The van der Waals surface area contributed by atoms with Gasteiger partial charge in [0, 0.05) is 12.6 Å². The van der Waals surface area contributed by atoms with Crippen molar-refractivity contribution < 1.29 is 18.7 Å². The number of rotatable bonds is 9. The van der Waals surface area contributed by atoms with Gasteiger partial charge in [0.05, 0.1) is 19.2 Å². The van der Waals surface area contributed by atoms with Gasteiger partial charge in [0.2, 0.25) is 11.8 Å². The fourth-order valence-corrected chi connectivity index (χ4v) is 3.67. The first-order chi connectivity index (χ1) is 15.0. The van der Waals surface area contributed by atoms with Crippen LogP contribution in [0.3, 0.4) is 0 Å². The van der Waals surface area contributed by atoms with Crippen LogP contribution in [-0.2, 0) is 11.3 Å². The van der Waals surface area contributed by atoms with Crippen molar-refractivity contribution in [1.82, 2.24) is 15.1 Å². The number of benzene rings is 1. The molecule has 0 saturated carbocycles. The number of hydrogen-bond donors (Lipinski definition) is 1. The van der Waals surface area contributed by atoms with Crippen LogP contribution in [0.15, 0.2) is 33.0 Å². The number of methoxy groups -OCH3 is 2. The molecule has 1 amide bonds. The summed E-state index contributed by atoms with van der Waals surface area (Å²) in [7, 11) is 3.02. The zero-order chi connectivity index (χ0) is 22.2. The first kappa shape index (κ1) is 22.7. The van der Waals surface area contributed by atoms with Crippen LogP contribution >= 0.6 is 11.6 Å². The Kier molecular flexibility index (Phi) is 7.94. The summed E-state index contributed by atoms with van der Waals surface area (Å²) < 4.78 is 16.6. The Morgan fingerprint density at radius 1 is 1.29 bits per heavy atom. The zero-order valence-electron chi connectivity index (χ0n) is 17.7. The third-order valence-corrected chi connectivity index (χ3v) is 5.38. The quantitative estimate of drug-likeness (QED) is 0.589. The lowest BCUT2D eigenvalue weighted by Crippen LogP contribution is -2.32. The number of ether oxygens (including phenoxy) is 2. The molecule has 0 fully saturated rings. The molecule has 1 N–H and O–H groups in total. The van der Waals surface area contributed by atoms with Crippen molar-refractivity contribution in [2.45, 2.75) is 38.6 Å². The fourth-order valence-electron chi connectivity index (χ4n) is 3.37. The standard InChI is InChI=1S/C22H26ClN3O5/c1-29-17-10-8-16(20(23)21(17)30-2)9-11-19-25-26(22(28)31-19)14-18(27)24-13-12-15-6-4-3-5-7-15/h6,8-11H,3-5,7,12-14H2,1-2H3,(H,24,27)/b11-9+. The van der Waals surface area contributed by atoms with Gasteiger partial charge in [0.25, 0.3) is 0 Å². The number of nitrogens with zero attached hydrogens (tertiary/aromatic N) is 2. The molecule has 1 aromatic carbocycles. The second-order valence-corrected chi connectivity index (χ2v) is 7.49. The smallest absolute Gasteiger partial charge is 0.437 e. The van der Waals surface area contributed by atoms with Crippen LogP contribution in [0.1, 0.15) is 43.6 Å². The number of carbonyl (C=O) groups excluding carboxylic acids is 1. The van der Waals surface area contributed by atoms with E-state index in [1.54, 1.807) is 18.2 Å². The van der Waals surface area contributed by atoms with E-state index in [1.165, 1.54) is 38.7 Å². The molecule has 1 heterocycles. The Morgan fingerprint density at radius 2 is 2.13 bits per heavy atom. The van der Waals surface area contributed by atoms with Crippen molar-refractivity contribution in [3.63, 3.8) is 0 Å². The maximum atomic E-state index is 12.1. The molecule has 0 aliphatic heterocycles. The maximum absolute atomic E-state index is 12.1. The molecule has 3 rings (SSSR count). The Hall–Kier alpha value is -3.00. The first-order valence-electron chi connectivity index (χ1n) is 10.1.